The second kappa shape index (κ2) is 8.97. The van der Waals surface area contributed by atoms with Gasteiger partial charge in [-0.3, -0.25) is 9.59 Å². The third kappa shape index (κ3) is 4.71. The van der Waals surface area contributed by atoms with Gasteiger partial charge in [0.15, 0.2) is 4.34 Å². The molecule has 1 aromatic heterocycles. The smallest absolute Gasteiger partial charge is 0.234 e. The first-order valence-electron chi connectivity index (χ1n) is 9.52. The molecule has 5 nitrogen and oxygen atoms in total. The minimum Gasteiger partial charge on any atom is -0.325 e. The molecule has 3 aromatic rings. The van der Waals surface area contributed by atoms with Crippen LogP contribution < -0.4 is 10.2 Å². The Labute approximate surface area is 182 Å². The van der Waals surface area contributed by atoms with E-state index in [9.17, 15) is 14.0 Å². The lowest BCUT2D eigenvalue weighted by Gasteiger charge is -2.22. The summed E-state index contributed by atoms with van der Waals surface area (Å²) < 4.78 is 13.7. The number of hydrogen-bond donors (Lipinski definition) is 1. The Hall–Kier alpha value is -2.71. The molecule has 154 valence electrons. The number of aromatic nitrogens is 1. The third-order valence-electron chi connectivity index (χ3n) is 4.79. The lowest BCUT2D eigenvalue weighted by atomic mass is 10.1. The Morgan fingerprint density at radius 2 is 2.00 bits per heavy atom. The molecule has 30 heavy (non-hydrogen) atoms. The summed E-state index contributed by atoms with van der Waals surface area (Å²) in [4.78, 5) is 31.3. The molecule has 0 bridgehead atoms. The van der Waals surface area contributed by atoms with E-state index in [0.29, 0.717) is 11.4 Å². The Morgan fingerprint density at radius 3 is 2.80 bits per heavy atom. The van der Waals surface area contributed by atoms with Gasteiger partial charge in [0.05, 0.1) is 17.9 Å². The summed E-state index contributed by atoms with van der Waals surface area (Å²) in [7, 11) is 0. The van der Waals surface area contributed by atoms with Gasteiger partial charge in [-0.2, -0.15) is 0 Å². The zero-order valence-corrected chi connectivity index (χ0v) is 17.9. The number of nitrogens with zero attached hydrogens (tertiary/aromatic N) is 2. The maximum Gasteiger partial charge on any atom is 0.234 e. The fraction of sp³-hybridized carbons (Fsp3) is 0.227. The lowest BCUT2D eigenvalue weighted by molar-refractivity contribution is -0.118. The molecule has 1 atom stereocenters. The van der Waals surface area contributed by atoms with Crippen LogP contribution >= 0.6 is 23.1 Å². The number of thioether (sulfide) groups is 1. The fourth-order valence-corrected chi connectivity index (χ4v) is 5.12. The van der Waals surface area contributed by atoms with Crippen LogP contribution in [-0.2, 0) is 22.4 Å². The molecule has 0 radical (unpaired) electrons. The van der Waals surface area contributed by atoms with Crippen molar-refractivity contribution >= 4 is 46.3 Å². The van der Waals surface area contributed by atoms with Crippen molar-refractivity contribution < 1.29 is 14.0 Å². The summed E-state index contributed by atoms with van der Waals surface area (Å²) in [6.45, 7) is 2.06. The van der Waals surface area contributed by atoms with Gasteiger partial charge in [-0.15, -0.1) is 11.3 Å². The molecule has 2 heterocycles. The van der Waals surface area contributed by atoms with Crippen molar-refractivity contribution in [1.29, 1.82) is 0 Å². The normalized spacial score (nSPS) is 15.1. The number of carbonyl (C=O) groups is 2. The molecular formula is C22H20FN3O2S2. The van der Waals surface area contributed by atoms with Crippen LogP contribution in [0, 0.1) is 5.82 Å². The molecule has 0 unspecified atom stereocenters. The van der Waals surface area contributed by atoms with E-state index in [2.05, 4.69) is 23.3 Å². The minimum atomic E-state index is -0.348. The number of anilines is 2. The molecule has 2 amide bonds. The van der Waals surface area contributed by atoms with Crippen LogP contribution in [0.3, 0.4) is 0 Å². The van der Waals surface area contributed by atoms with E-state index in [4.69, 9.17) is 0 Å². The molecule has 1 N–H and O–H groups in total. The van der Waals surface area contributed by atoms with Gasteiger partial charge >= 0.3 is 0 Å². The van der Waals surface area contributed by atoms with Gasteiger partial charge < -0.3 is 10.2 Å². The summed E-state index contributed by atoms with van der Waals surface area (Å²) in [5, 5.41) is 4.59. The van der Waals surface area contributed by atoms with Crippen molar-refractivity contribution in [1.82, 2.24) is 4.98 Å². The first kappa shape index (κ1) is 20.6. The zero-order chi connectivity index (χ0) is 21.1. The highest BCUT2D eigenvalue weighted by atomic mass is 32.2. The SMILES string of the molecule is C[C@@H]1Cc2ccccc2N1C(=O)Cc1csc(SCC(=O)Nc2ccc(F)cc2)n1. The molecule has 8 heteroatoms. The largest absolute Gasteiger partial charge is 0.325 e. The Balaban J connectivity index is 1.31. The van der Waals surface area contributed by atoms with Crippen LogP contribution in [0.1, 0.15) is 18.2 Å². The minimum absolute atomic E-state index is 0.0309. The van der Waals surface area contributed by atoms with E-state index in [-0.39, 0.29) is 35.8 Å². The Kier molecular flexibility index (Phi) is 6.15. The molecular weight excluding hydrogens is 421 g/mol. The quantitative estimate of drug-likeness (QED) is 0.571. The number of nitrogens with one attached hydrogen (secondary N) is 1. The van der Waals surface area contributed by atoms with Crippen LogP contribution in [0.15, 0.2) is 58.3 Å². The van der Waals surface area contributed by atoms with Gasteiger partial charge in [-0.25, -0.2) is 9.37 Å². The summed E-state index contributed by atoms with van der Waals surface area (Å²) in [6, 6.07) is 13.8. The number of amides is 2. The van der Waals surface area contributed by atoms with E-state index in [1.807, 2.05) is 28.5 Å². The molecule has 2 aromatic carbocycles. The number of benzene rings is 2. The van der Waals surface area contributed by atoms with E-state index in [1.54, 1.807) is 0 Å². The Bertz CT molecular complexity index is 1070. The van der Waals surface area contributed by atoms with Crippen molar-refractivity contribution in [2.24, 2.45) is 0 Å². The van der Waals surface area contributed by atoms with Gasteiger partial charge in [0.25, 0.3) is 0 Å². The number of carbonyl (C=O) groups excluding carboxylic acids is 2. The van der Waals surface area contributed by atoms with E-state index >= 15 is 0 Å². The average molecular weight is 442 g/mol. The van der Waals surface area contributed by atoms with Crippen LogP contribution in [0.2, 0.25) is 0 Å². The lowest BCUT2D eigenvalue weighted by Crippen LogP contribution is -2.36. The standard InChI is InChI=1S/C22H20FN3O2S2/c1-14-10-15-4-2-3-5-19(15)26(14)21(28)11-18-12-29-22(25-18)30-13-20(27)24-17-8-6-16(23)7-9-17/h2-9,12,14H,10-11,13H2,1H3,(H,24,27)/t14-/m1/s1. The third-order valence-corrected chi connectivity index (χ3v) is 6.86. The first-order valence-corrected chi connectivity index (χ1v) is 11.4. The molecule has 0 saturated carbocycles. The van der Waals surface area contributed by atoms with Gasteiger partial charge in [-0.05, 0) is 49.2 Å². The van der Waals surface area contributed by atoms with E-state index < -0.39 is 0 Å². The molecule has 4 rings (SSSR count). The molecule has 0 aliphatic carbocycles. The number of fused-ring (bicyclic) bond motifs is 1. The van der Waals surface area contributed by atoms with Crippen molar-refractivity contribution in [2.45, 2.75) is 30.1 Å². The summed E-state index contributed by atoms with van der Waals surface area (Å²) in [6.07, 6.45) is 1.10. The predicted octanol–water partition coefficient (Wildman–Crippen LogP) is 4.53. The highest BCUT2D eigenvalue weighted by Gasteiger charge is 2.30. The summed E-state index contributed by atoms with van der Waals surface area (Å²) in [5.74, 6) is -0.321. The van der Waals surface area contributed by atoms with Crippen molar-refractivity contribution in [3.63, 3.8) is 0 Å². The summed E-state index contributed by atoms with van der Waals surface area (Å²) in [5.41, 5.74) is 3.44. The first-order chi connectivity index (χ1) is 14.5. The number of para-hydroxylation sites is 1. The highest BCUT2D eigenvalue weighted by molar-refractivity contribution is 8.01. The molecule has 0 saturated heterocycles. The van der Waals surface area contributed by atoms with Gasteiger partial charge in [0.2, 0.25) is 11.8 Å². The van der Waals surface area contributed by atoms with E-state index in [1.165, 1.54) is 52.9 Å². The maximum atomic E-state index is 12.9. The highest BCUT2D eigenvalue weighted by Crippen LogP contribution is 2.32. The molecule has 1 aliphatic rings. The van der Waals surface area contributed by atoms with Crippen LogP contribution in [0.5, 0.6) is 0 Å². The second-order valence-electron chi connectivity index (χ2n) is 7.07. The zero-order valence-electron chi connectivity index (χ0n) is 16.3. The van der Waals surface area contributed by atoms with Crippen LogP contribution in [0.25, 0.3) is 0 Å². The van der Waals surface area contributed by atoms with Crippen LogP contribution in [0.4, 0.5) is 15.8 Å². The summed E-state index contributed by atoms with van der Waals surface area (Å²) >= 11 is 2.74. The predicted molar refractivity (Wildman–Crippen MR) is 119 cm³/mol. The van der Waals surface area contributed by atoms with Crippen LogP contribution in [-0.4, -0.2) is 28.6 Å². The topological polar surface area (TPSA) is 62.3 Å². The molecule has 0 spiro atoms. The van der Waals surface area contributed by atoms with Gasteiger partial charge in [0, 0.05) is 22.8 Å². The fourth-order valence-electron chi connectivity index (χ4n) is 3.48. The molecule has 0 fully saturated rings. The number of rotatable bonds is 6. The van der Waals surface area contributed by atoms with Crippen molar-refractivity contribution in [3.05, 3.63) is 71.0 Å². The van der Waals surface area contributed by atoms with Crippen molar-refractivity contribution in [3.8, 4) is 0 Å². The number of thiazole rings is 1. The molecule has 1 aliphatic heterocycles. The van der Waals surface area contributed by atoms with Gasteiger partial charge in [-0.1, -0.05) is 30.0 Å². The van der Waals surface area contributed by atoms with Crippen molar-refractivity contribution in [2.75, 3.05) is 16.0 Å². The maximum absolute atomic E-state index is 12.9. The monoisotopic (exact) mass is 441 g/mol. The van der Waals surface area contributed by atoms with Gasteiger partial charge in [0.1, 0.15) is 5.82 Å². The number of hydrogen-bond acceptors (Lipinski definition) is 5. The number of halogens is 1. The Morgan fingerprint density at radius 1 is 1.23 bits per heavy atom. The van der Waals surface area contributed by atoms with E-state index in [0.717, 1.165) is 16.4 Å². The second-order valence-corrected chi connectivity index (χ2v) is 9.15. The average Bonchev–Trinajstić information content (AvgIpc) is 3.31.